The molecule has 1 aliphatic rings. The lowest BCUT2D eigenvalue weighted by atomic mass is 9.35. The fraction of sp³-hybridized carbons (Fsp3) is 0.0968. The highest BCUT2D eigenvalue weighted by Gasteiger charge is 2.51. The maximum atomic E-state index is 14.0. The van der Waals surface area contributed by atoms with Gasteiger partial charge in [0, 0.05) is 23.7 Å². The van der Waals surface area contributed by atoms with Crippen LogP contribution in [0.2, 0.25) is 0 Å². The highest BCUT2D eigenvalue weighted by Crippen LogP contribution is 2.39. The van der Waals surface area contributed by atoms with Crippen LogP contribution in [0.1, 0.15) is 22.8 Å². The number of Topliss-reactive ketones (excluding diaryl/α,β-unsaturated/α-hetero) is 1. The smallest absolute Gasteiger partial charge is 0.423 e. The Hall–Kier alpha value is -3.31. The Balaban J connectivity index is 1.86. The second-order valence-corrected chi connectivity index (χ2v) is 11.7. The van der Waals surface area contributed by atoms with Gasteiger partial charge in [0.15, 0.2) is 0 Å². The van der Waals surface area contributed by atoms with Gasteiger partial charge >= 0.3 is 6.42 Å². The van der Waals surface area contributed by atoms with Gasteiger partial charge in [-0.2, -0.15) is 0 Å². The highest BCUT2D eigenvalue weighted by atomic mass is 35.6. The lowest BCUT2D eigenvalue weighted by Gasteiger charge is -2.46. The summed E-state index contributed by atoms with van der Waals surface area (Å²) >= 11 is 20.0. The molecule has 3 nitrogen and oxygen atoms in total. The number of halogens is 3. The van der Waals surface area contributed by atoms with Gasteiger partial charge in [-0.3, -0.25) is 4.79 Å². The first-order chi connectivity index (χ1) is 18.3. The van der Waals surface area contributed by atoms with Crippen LogP contribution in [0.5, 0.6) is 0 Å². The number of allylic oxidation sites excluding steroid dienone is 2. The first-order valence-electron chi connectivity index (χ1n) is 12.4. The van der Waals surface area contributed by atoms with Gasteiger partial charge in [0.1, 0.15) is 17.8 Å². The minimum Gasteiger partial charge on any atom is -0.489 e. The number of rotatable bonds is 6. The second kappa shape index (κ2) is 10.8. The first-order valence-corrected chi connectivity index (χ1v) is 13.6. The second-order valence-electron chi connectivity index (χ2n) is 9.43. The average Bonchev–Trinajstić information content (AvgIpc) is 2.95. The zero-order valence-electron chi connectivity index (χ0n) is 20.8. The number of nitrogens with one attached hydrogen (secondary N) is 1. The van der Waals surface area contributed by atoms with Crippen LogP contribution in [0.4, 0.5) is 0 Å². The molecule has 38 heavy (non-hydrogen) atoms. The predicted molar refractivity (Wildman–Crippen MR) is 160 cm³/mol. The maximum absolute atomic E-state index is 14.0. The van der Waals surface area contributed by atoms with E-state index in [2.05, 4.69) is 46.1 Å². The summed E-state index contributed by atoms with van der Waals surface area (Å²) in [5.74, 6) is -0.208. The molecule has 4 aromatic carbocycles. The lowest BCUT2D eigenvalue weighted by Crippen LogP contribution is -2.78. The third-order valence-corrected chi connectivity index (χ3v) is 7.74. The molecule has 0 saturated carbocycles. The van der Waals surface area contributed by atoms with Crippen LogP contribution in [-0.2, 0) is 6.54 Å². The molecule has 0 aliphatic carbocycles. The van der Waals surface area contributed by atoms with Crippen molar-refractivity contribution >= 4 is 63.6 Å². The van der Waals surface area contributed by atoms with Crippen molar-refractivity contribution < 1.29 is 9.28 Å². The average molecular weight is 560 g/mol. The summed E-state index contributed by atoms with van der Waals surface area (Å²) in [7, 11) is 0. The SMILES string of the molecule is CC1=[N+](Cc2ccccc2)[B-](c2ccccc2)(c2ccccc2)NC(C(Cl)(Cl)Cl)=C1C(=O)c1ccccc1. The Morgan fingerprint density at radius 1 is 0.737 bits per heavy atom. The van der Waals surface area contributed by atoms with Gasteiger partial charge in [0.25, 0.3) is 0 Å². The Bertz CT molecular complexity index is 1460. The maximum Gasteiger partial charge on any atom is 0.423 e. The number of carbonyl (C=O) groups is 1. The molecule has 190 valence electrons. The van der Waals surface area contributed by atoms with Crippen LogP contribution in [-0.4, -0.2) is 26.2 Å². The van der Waals surface area contributed by atoms with Crippen LogP contribution in [0.15, 0.2) is 133 Å². The largest absolute Gasteiger partial charge is 0.489 e. The Labute approximate surface area is 238 Å². The van der Waals surface area contributed by atoms with Gasteiger partial charge in [-0.15, -0.1) is 10.9 Å². The fourth-order valence-electron chi connectivity index (χ4n) is 5.43. The summed E-state index contributed by atoms with van der Waals surface area (Å²) in [5.41, 5.74) is 4.99. The summed E-state index contributed by atoms with van der Waals surface area (Å²) in [6.45, 7) is 2.47. The molecule has 0 fully saturated rings. The number of alkyl halides is 3. The quantitative estimate of drug-likeness (QED) is 0.178. The van der Waals surface area contributed by atoms with Gasteiger partial charge in [0.2, 0.25) is 9.58 Å². The molecule has 4 aromatic rings. The number of benzene rings is 4. The van der Waals surface area contributed by atoms with Crippen molar-refractivity contribution in [1.82, 2.24) is 5.23 Å². The molecule has 1 N–H and O–H groups in total. The Morgan fingerprint density at radius 3 is 1.66 bits per heavy atom. The molecule has 0 spiro atoms. The van der Waals surface area contributed by atoms with Crippen LogP contribution in [0, 0.1) is 0 Å². The van der Waals surface area contributed by atoms with Crippen molar-refractivity contribution in [3.05, 3.63) is 144 Å². The fourth-order valence-corrected chi connectivity index (χ4v) is 5.87. The van der Waals surface area contributed by atoms with Gasteiger partial charge in [-0.1, -0.05) is 156 Å². The summed E-state index contributed by atoms with van der Waals surface area (Å²) < 4.78 is 0.381. The van der Waals surface area contributed by atoms with E-state index in [1.165, 1.54) is 0 Å². The summed E-state index contributed by atoms with van der Waals surface area (Å²) in [5, 5.41) is 3.67. The molecule has 0 atom stereocenters. The van der Waals surface area contributed by atoms with E-state index in [4.69, 9.17) is 34.8 Å². The Morgan fingerprint density at radius 2 is 1.18 bits per heavy atom. The minimum absolute atomic E-state index is 0.208. The van der Waals surface area contributed by atoms with E-state index >= 15 is 0 Å². The topological polar surface area (TPSA) is 32.1 Å². The van der Waals surface area contributed by atoms with Crippen molar-refractivity contribution in [2.75, 3.05) is 0 Å². The normalized spacial score (nSPS) is 15.3. The van der Waals surface area contributed by atoms with E-state index < -0.39 is 10.2 Å². The molecular formula is C31H26BCl3N2O. The van der Waals surface area contributed by atoms with E-state index in [0.717, 1.165) is 22.2 Å². The Kier molecular flexibility index (Phi) is 7.49. The van der Waals surface area contributed by atoms with E-state index in [-0.39, 0.29) is 11.5 Å². The van der Waals surface area contributed by atoms with Crippen molar-refractivity contribution in [1.29, 1.82) is 0 Å². The summed E-state index contributed by atoms with van der Waals surface area (Å²) in [6, 6.07) is 39.5. The van der Waals surface area contributed by atoms with Crippen molar-refractivity contribution in [2.45, 2.75) is 17.3 Å². The van der Waals surface area contributed by atoms with Crippen LogP contribution >= 0.6 is 34.8 Å². The molecule has 0 saturated heterocycles. The molecule has 0 bridgehead atoms. The zero-order chi connectivity index (χ0) is 26.8. The molecule has 0 radical (unpaired) electrons. The number of carbonyl (C=O) groups excluding carboxylic acids is 1. The molecule has 0 aromatic heterocycles. The highest BCUT2D eigenvalue weighted by molar-refractivity contribution is 6.95. The van der Waals surface area contributed by atoms with Gasteiger partial charge in [-0.05, 0) is 0 Å². The number of hydrogen-bond donors (Lipinski definition) is 1. The molecule has 1 heterocycles. The zero-order valence-corrected chi connectivity index (χ0v) is 23.1. The standard InChI is InChI=1S/C31H26BCl3N2O/c1-23-28(29(38)25-16-8-3-9-17-25)30(31(33,34)35)36-32(26-18-10-4-11-19-26,27-20-12-5-13-21-27)37(23)22-24-14-6-2-7-15-24/h2-21,36H,22H2,1H3. The predicted octanol–water partition coefficient (Wildman–Crippen LogP) is 6.03. The van der Waals surface area contributed by atoms with Gasteiger partial charge < -0.3 is 9.71 Å². The number of hydrogen-bond acceptors (Lipinski definition) is 2. The molecule has 0 unspecified atom stereocenters. The third kappa shape index (κ3) is 4.92. The third-order valence-electron chi connectivity index (χ3n) is 7.17. The molecule has 1 aliphatic heterocycles. The summed E-state index contributed by atoms with van der Waals surface area (Å²) in [6.07, 6.45) is -1.92. The number of nitrogens with zero attached hydrogens (tertiary/aromatic N) is 1. The molecular weight excluding hydrogens is 534 g/mol. The van der Waals surface area contributed by atoms with Crippen LogP contribution < -0.4 is 16.2 Å². The molecule has 7 heteroatoms. The first kappa shape index (κ1) is 26.3. The van der Waals surface area contributed by atoms with E-state index in [1.807, 2.05) is 79.7 Å². The van der Waals surface area contributed by atoms with E-state index in [0.29, 0.717) is 17.7 Å². The van der Waals surface area contributed by atoms with E-state index in [9.17, 15) is 4.79 Å². The van der Waals surface area contributed by atoms with Crippen molar-refractivity contribution in [3.63, 3.8) is 0 Å². The number of ketones is 1. The van der Waals surface area contributed by atoms with Crippen molar-refractivity contribution in [2.24, 2.45) is 0 Å². The lowest BCUT2D eigenvalue weighted by molar-refractivity contribution is -0.416. The molecule has 0 amide bonds. The van der Waals surface area contributed by atoms with E-state index in [1.54, 1.807) is 12.1 Å². The minimum atomic E-state index is -1.92. The summed E-state index contributed by atoms with van der Waals surface area (Å²) in [4.78, 5) is 14.0. The molecule has 5 rings (SSSR count). The van der Waals surface area contributed by atoms with Crippen molar-refractivity contribution in [3.8, 4) is 0 Å². The van der Waals surface area contributed by atoms with Gasteiger partial charge in [0.05, 0.1) is 0 Å². The van der Waals surface area contributed by atoms with Crippen LogP contribution in [0.3, 0.4) is 0 Å². The van der Waals surface area contributed by atoms with Crippen LogP contribution in [0.25, 0.3) is 0 Å². The van der Waals surface area contributed by atoms with Gasteiger partial charge in [-0.25, -0.2) is 0 Å². The monoisotopic (exact) mass is 558 g/mol.